The van der Waals surface area contributed by atoms with Gasteiger partial charge in [-0.2, -0.15) is 0 Å². The zero-order valence-corrected chi connectivity index (χ0v) is 26.4. The van der Waals surface area contributed by atoms with E-state index in [0.717, 1.165) is 24.2 Å². The summed E-state index contributed by atoms with van der Waals surface area (Å²) in [6, 6.07) is 17.8. The second-order valence-corrected chi connectivity index (χ2v) is 13.3. The van der Waals surface area contributed by atoms with E-state index in [1.165, 1.54) is 121 Å². The molecule has 4 aromatic rings. The minimum Gasteiger partial charge on any atom is -0.255 e. The zero-order chi connectivity index (χ0) is 27.8. The maximum absolute atomic E-state index is 4.80. The molecule has 4 heterocycles. The topological polar surface area (TPSA) is 25.8 Å². The van der Waals surface area contributed by atoms with Crippen molar-refractivity contribution < 1.29 is 0 Å². The van der Waals surface area contributed by atoms with E-state index in [-0.39, 0.29) is 0 Å². The van der Waals surface area contributed by atoms with Crippen LogP contribution in [0.1, 0.15) is 115 Å². The summed E-state index contributed by atoms with van der Waals surface area (Å²) >= 11 is 3.66. The molecule has 0 aliphatic rings. The molecule has 2 nitrogen and oxygen atoms in total. The Bertz CT molecular complexity index is 1120. The largest absolute Gasteiger partial charge is 0.255 e. The molecule has 40 heavy (non-hydrogen) atoms. The van der Waals surface area contributed by atoms with Gasteiger partial charge in [-0.3, -0.25) is 9.97 Å². The molecule has 0 amide bonds. The molecule has 0 atom stereocenters. The SMILES string of the molecule is CCCCCCCCCc1ccc(-c2ccc(-c3ccc(-c4ccc(CCCCCCCCC)cn4)s3)s2)nc1. The van der Waals surface area contributed by atoms with Crippen LogP contribution in [-0.2, 0) is 12.8 Å². The fourth-order valence-corrected chi connectivity index (χ4v) is 7.28. The second kappa shape index (κ2) is 17.5. The van der Waals surface area contributed by atoms with Gasteiger partial charge in [0.15, 0.2) is 0 Å². The van der Waals surface area contributed by atoms with Gasteiger partial charge in [-0.25, -0.2) is 0 Å². The van der Waals surface area contributed by atoms with Gasteiger partial charge in [-0.05, 0) is 73.2 Å². The van der Waals surface area contributed by atoms with Crippen molar-refractivity contribution in [3.05, 3.63) is 72.1 Å². The maximum Gasteiger partial charge on any atom is 0.0802 e. The van der Waals surface area contributed by atoms with Gasteiger partial charge in [0, 0.05) is 22.1 Å². The Labute approximate surface area is 251 Å². The van der Waals surface area contributed by atoms with Crippen LogP contribution >= 0.6 is 22.7 Å². The molecule has 0 fully saturated rings. The zero-order valence-electron chi connectivity index (χ0n) is 24.8. The number of pyridine rings is 2. The lowest BCUT2D eigenvalue weighted by Crippen LogP contribution is -1.89. The minimum absolute atomic E-state index is 1.08. The Morgan fingerprint density at radius 2 is 0.800 bits per heavy atom. The molecule has 4 rings (SSSR count). The third-order valence-electron chi connectivity index (χ3n) is 7.75. The fourth-order valence-electron chi connectivity index (χ4n) is 5.22. The third kappa shape index (κ3) is 9.96. The van der Waals surface area contributed by atoms with Crippen LogP contribution in [0, 0.1) is 0 Å². The molecule has 0 aliphatic heterocycles. The number of rotatable bonds is 19. The quantitative estimate of drug-likeness (QED) is 0.104. The van der Waals surface area contributed by atoms with Crippen molar-refractivity contribution in [2.24, 2.45) is 0 Å². The third-order valence-corrected chi connectivity index (χ3v) is 10.2. The van der Waals surface area contributed by atoms with Gasteiger partial charge < -0.3 is 0 Å². The Balaban J connectivity index is 1.24. The number of unbranched alkanes of at least 4 members (excludes halogenated alkanes) is 12. The lowest BCUT2D eigenvalue weighted by Gasteiger charge is -2.03. The van der Waals surface area contributed by atoms with Gasteiger partial charge in [-0.1, -0.05) is 103 Å². The molecule has 0 bridgehead atoms. The van der Waals surface area contributed by atoms with E-state index in [4.69, 9.17) is 9.97 Å². The standard InChI is InChI=1S/C36H48N2S2/c1-3-5-7-9-11-13-15-17-29-19-21-31(37-27-29)33-23-25-35(39-33)36-26-24-34(40-36)32-22-20-30(28-38-32)18-16-14-12-10-8-6-4-2/h19-28H,3-18H2,1-2H3. The van der Waals surface area contributed by atoms with E-state index in [1.54, 1.807) is 0 Å². The van der Waals surface area contributed by atoms with Gasteiger partial charge in [-0.15, -0.1) is 22.7 Å². The van der Waals surface area contributed by atoms with Crippen molar-refractivity contribution in [1.82, 2.24) is 9.97 Å². The summed E-state index contributed by atoms with van der Waals surface area (Å²) in [4.78, 5) is 14.7. The lowest BCUT2D eigenvalue weighted by molar-refractivity contribution is 0.589. The molecule has 0 aromatic carbocycles. The summed E-state index contributed by atoms with van der Waals surface area (Å²) in [6.07, 6.45) is 25.4. The highest BCUT2D eigenvalue weighted by Gasteiger charge is 2.10. The lowest BCUT2D eigenvalue weighted by atomic mass is 10.1. The van der Waals surface area contributed by atoms with Gasteiger partial charge in [0.2, 0.25) is 0 Å². The van der Waals surface area contributed by atoms with E-state index in [2.05, 4.69) is 74.8 Å². The minimum atomic E-state index is 1.08. The Morgan fingerprint density at radius 3 is 1.18 bits per heavy atom. The first-order chi connectivity index (χ1) is 19.8. The van der Waals surface area contributed by atoms with Crippen LogP contribution in [0.3, 0.4) is 0 Å². The second-order valence-electron chi connectivity index (χ2n) is 11.2. The summed E-state index contributed by atoms with van der Waals surface area (Å²) in [7, 11) is 0. The molecular formula is C36H48N2S2. The number of hydrogen-bond acceptors (Lipinski definition) is 4. The summed E-state index contributed by atoms with van der Waals surface area (Å²) in [5.74, 6) is 0. The van der Waals surface area contributed by atoms with Crippen molar-refractivity contribution in [2.75, 3.05) is 0 Å². The smallest absolute Gasteiger partial charge is 0.0802 e. The van der Waals surface area contributed by atoms with E-state index in [9.17, 15) is 0 Å². The predicted octanol–water partition coefficient (Wildman–Crippen LogP) is 12.2. The highest BCUT2D eigenvalue weighted by molar-refractivity contribution is 7.25. The molecule has 0 spiro atoms. The predicted molar refractivity (Wildman–Crippen MR) is 177 cm³/mol. The Morgan fingerprint density at radius 1 is 0.425 bits per heavy atom. The van der Waals surface area contributed by atoms with Gasteiger partial charge >= 0.3 is 0 Å². The molecular weight excluding hydrogens is 525 g/mol. The first kappa shape index (κ1) is 30.7. The van der Waals surface area contributed by atoms with Crippen molar-refractivity contribution >= 4 is 22.7 Å². The number of aromatic nitrogens is 2. The summed E-state index contributed by atoms with van der Waals surface area (Å²) in [5, 5.41) is 0. The maximum atomic E-state index is 4.80. The normalized spacial score (nSPS) is 11.3. The molecule has 4 heteroatoms. The molecule has 214 valence electrons. The van der Waals surface area contributed by atoms with Crippen LogP contribution in [0.5, 0.6) is 0 Å². The van der Waals surface area contributed by atoms with Crippen LogP contribution in [0.25, 0.3) is 30.9 Å². The number of nitrogens with zero attached hydrogens (tertiary/aromatic N) is 2. The van der Waals surface area contributed by atoms with Crippen LogP contribution in [0.4, 0.5) is 0 Å². The molecule has 4 aromatic heterocycles. The Kier molecular flexibility index (Phi) is 13.4. The van der Waals surface area contributed by atoms with Crippen LogP contribution < -0.4 is 0 Å². The van der Waals surface area contributed by atoms with Gasteiger partial charge in [0.05, 0.1) is 21.1 Å². The first-order valence-electron chi connectivity index (χ1n) is 15.9. The van der Waals surface area contributed by atoms with E-state index in [0.29, 0.717) is 0 Å². The van der Waals surface area contributed by atoms with Crippen LogP contribution in [-0.4, -0.2) is 9.97 Å². The average molecular weight is 573 g/mol. The summed E-state index contributed by atoms with van der Waals surface area (Å²) in [5.41, 5.74) is 4.87. The van der Waals surface area contributed by atoms with Crippen LogP contribution in [0.2, 0.25) is 0 Å². The van der Waals surface area contributed by atoms with E-state index < -0.39 is 0 Å². The summed E-state index contributed by atoms with van der Waals surface area (Å²) in [6.45, 7) is 4.56. The van der Waals surface area contributed by atoms with Crippen LogP contribution in [0.15, 0.2) is 60.9 Å². The highest BCUT2D eigenvalue weighted by atomic mass is 32.1. The highest BCUT2D eigenvalue weighted by Crippen LogP contribution is 2.39. The number of thiophene rings is 2. The van der Waals surface area contributed by atoms with Crippen molar-refractivity contribution in [3.8, 4) is 30.9 Å². The van der Waals surface area contributed by atoms with Crippen molar-refractivity contribution in [3.63, 3.8) is 0 Å². The monoisotopic (exact) mass is 572 g/mol. The Hall–Kier alpha value is -2.30. The molecule has 0 N–H and O–H groups in total. The molecule has 0 saturated carbocycles. The first-order valence-corrected chi connectivity index (χ1v) is 17.5. The van der Waals surface area contributed by atoms with Crippen molar-refractivity contribution in [2.45, 2.75) is 117 Å². The van der Waals surface area contributed by atoms with Gasteiger partial charge in [0.25, 0.3) is 0 Å². The number of hydrogen-bond donors (Lipinski definition) is 0. The van der Waals surface area contributed by atoms with E-state index in [1.807, 2.05) is 22.7 Å². The molecule has 0 unspecified atom stereocenters. The molecule has 0 aliphatic carbocycles. The molecule has 0 radical (unpaired) electrons. The fraction of sp³-hybridized carbons (Fsp3) is 0.500. The average Bonchev–Trinajstić information content (AvgIpc) is 3.68. The molecule has 0 saturated heterocycles. The number of aryl methyl sites for hydroxylation is 2. The van der Waals surface area contributed by atoms with Gasteiger partial charge in [0.1, 0.15) is 0 Å². The van der Waals surface area contributed by atoms with E-state index >= 15 is 0 Å². The van der Waals surface area contributed by atoms with Crippen molar-refractivity contribution in [1.29, 1.82) is 0 Å². The summed E-state index contributed by atoms with van der Waals surface area (Å²) < 4.78 is 0.